The molecule has 3 heterocycles. The lowest BCUT2D eigenvalue weighted by Gasteiger charge is -2.27. The van der Waals surface area contributed by atoms with E-state index >= 15 is 0 Å². The number of nitrogens with one attached hydrogen (secondary N) is 2. The predicted molar refractivity (Wildman–Crippen MR) is 142 cm³/mol. The Morgan fingerprint density at radius 2 is 1.86 bits per heavy atom. The van der Waals surface area contributed by atoms with Crippen molar-refractivity contribution in [3.05, 3.63) is 106 Å². The molecule has 0 saturated carbocycles. The number of β-amino-alcohol motifs (C(OH)–C–C–N with tert-alkyl or cyclic N) is 1. The number of hydrogen-bond acceptors (Lipinski definition) is 4. The number of alkyl halides is 3. The highest BCUT2D eigenvalue weighted by Gasteiger charge is 2.61. The summed E-state index contributed by atoms with van der Waals surface area (Å²) in [5, 5.41) is 16.0. The van der Waals surface area contributed by atoms with Gasteiger partial charge in [0.05, 0.1) is 36.0 Å². The molecular formula is C28H19ClF5N5O3. The van der Waals surface area contributed by atoms with Gasteiger partial charge in [0.25, 0.3) is 5.91 Å². The third-order valence-corrected chi connectivity index (χ3v) is 7.63. The third-order valence-electron chi connectivity index (χ3n) is 7.29. The molecule has 0 aliphatic carbocycles. The van der Waals surface area contributed by atoms with Gasteiger partial charge in [-0.05, 0) is 55.5 Å². The second-order valence-electron chi connectivity index (χ2n) is 9.98. The SMILES string of the molecule is Cc1cn(-c2cc(NC(=O)N3C[C@](O)(C(F)(F)F)c4cc(F)ccc43)c3c(c2)C(=O)N[C@@H]3c2cc(F)ccc2Cl)cn1. The number of carbonyl (C=O) groups excluding carboxylic acids is 2. The molecular weight excluding hydrogens is 585 g/mol. The number of hydrogen-bond donors (Lipinski definition) is 3. The number of halogens is 6. The number of aromatic nitrogens is 2. The maximum atomic E-state index is 14.2. The average Bonchev–Trinajstić information content (AvgIpc) is 3.59. The van der Waals surface area contributed by atoms with E-state index in [-0.39, 0.29) is 33.1 Å². The van der Waals surface area contributed by atoms with Crippen LogP contribution in [-0.2, 0) is 5.60 Å². The lowest BCUT2D eigenvalue weighted by atomic mass is 9.95. The van der Waals surface area contributed by atoms with Crippen molar-refractivity contribution in [2.75, 3.05) is 16.8 Å². The van der Waals surface area contributed by atoms with Crippen LogP contribution >= 0.6 is 11.6 Å². The fourth-order valence-corrected chi connectivity index (χ4v) is 5.51. The number of nitrogens with zero attached hydrogens (tertiary/aromatic N) is 3. The predicted octanol–water partition coefficient (Wildman–Crippen LogP) is 5.75. The smallest absolute Gasteiger partial charge is 0.375 e. The first-order valence-corrected chi connectivity index (χ1v) is 12.8. The molecule has 0 bridgehead atoms. The van der Waals surface area contributed by atoms with Crippen LogP contribution in [0.25, 0.3) is 5.69 Å². The molecule has 0 radical (unpaired) electrons. The minimum atomic E-state index is -5.24. The van der Waals surface area contributed by atoms with Crippen LogP contribution in [0.15, 0.2) is 61.1 Å². The highest BCUT2D eigenvalue weighted by atomic mass is 35.5. The second kappa shape index (κ2) is 9.53. The number of urea groups is 1. The normalized spacial score (nSPS) is 19.5. The molecule has 0 unspecified atom stereocenters. The first-order chi connectivity index (χ1) is 19.8. The Hall–Kier alpha value is -4.49. The minimum Gasteiger partial charge on any atom is -0.375 e. The van der Waals surface area contributed by atoms with E-state index in [9.17, 15) is 36.6 Å². The van der Waals surface area contributed by atoms with Crippen molar-refractivity contribution in [2.45, 2.75) is 24.7 Å². The zero-order chi connectivity index (χ0) is 30.1. The number of amides is 3. The van der Waals surface area contributed by atoms with Gasteiger partial charge < -0.3 is 20.3 Å². The van der Waals surface area contributed by atoms with E-state index in [2.05, 4.69) is 15.6 Å². The standard InChI is InChI=1S/C28H19ClF5N5O3/c1-13-10-38(12-35-13)16-8-18-23(24(37-25(18)40)17-6-14(30)2-4-20(17)29)21(9-16)36-26(41)39-11-27(42,28(32,33)34)19-7-15(31)3-5-22(19)39/h2-10,12,24,42H,11H2,1H3,(H,36,41)(H,37,40)/t24-,27-/m1/s1. The molecule has 14 heteroatoms. The summed E-state index contributed by atoms with van der Waals surface area (Å²) in [6.07, 6.45) is -2.12. The highest BCUT2D eigenvalue weighted by Crippen LogP contribution is 2.49. The van der Waals surface area contributed by atoms with Crippen LogP contribution in [0.2, 0.25) is 5.02 Å². The Bertz CT molecular complexity index is 1790. The van der Waals surface area contributed by atoms with Gasteiger partial charge >= 0.3 is 12.2 Å². The quantitative estimate of drug-likeness (QED) is 0.260. The van der Waals surface area contributed by atoms with E-state index in [0.29, 0.717) is 22.3 Å². The zero-order valence-corrected chi connectivity index (χ0v) is 22.2. The van der Waals surface area contributed by atoms with Crippen molar-refractivity contribution >= 4 is 34.9 Å². The van der Waals surface area contributed by atoms with Gasteiger partial charge in [-0.1, -0.05) is 11.6 Å². The molecule has 1 aromatic heterocycles. The summed E-state index contributed by atoms with van der Waals surface area (Å²) in [7, 11) is 0. The van der Waals surface area contributed by atoms with Crippen LogP contribution in [0.1, 0.15) is 38.8 Å². The molecule has 0 spiro atoms. The van der Waals surface area contributed by atoms with Gasteiger partial charge in [-0.2, -0.15) is 13.2 Å². The van der Waals surface area contributed by atoms with E-state index in [0.717, 1.165) is 24.3 Å². The van der Waals surface area contributed by atoms with Gasteiger partial charge in [0.2, 0.25) is 5.60 Å². The van der Waals surface area contributed by atoms with E-state index in [1.54, 1.807) is 17.7 Å². The summed E-state index contributed by atoms with van der Waals surface area (Å²) < 4.78 is 71.6. The van der Waals surface area contributed by atoms with Gasteiger partial charge in [0.1, 0.15) is 11.6 Å². The molecule has 42 heavy (non-hydrogen) atoms. The van der Waals surface area contributed by atoms with Crippen LogP contribution < -0.4 is 15.5 Å². The number of benzene rings is 3. The Kier molecular flexibility index (Phi) is 6.28. The number of fused-ring (bicyclic) bond motifs is 2. The van der Waals surface area contributed by atoms with Gasteiger partial charge in [-0.15, -0.1) is 0 Å². The summed E-state index contributed by atoms with van der Waals surface area (Å²) >= 11 is 6.33. The molecule has 2 aliphatic heterocycles. The summed E-state index contributed by atoms with van der Waals surface area (Å²) in [6, 6.07) is 6.76. The van der Waals surface area contributed by atoms with Crippen molar-refractivity contribution in [2.24, 2.45) is 0 Å². The fourth-order valence-electron chi connectivity index (χ4n) is 5.28. The number of anilines is 2. The Morgan fingerprint density at radius 1 is 1.14 bits per heavy atom. The number of aliphatic hydroxyl groups is 1. The fraction of sp³-hybridized carbons (Fsp3) is 0.179. The van der Waals surface area contributed by atoms with Crippen LogP contribution in [-0.4, -0.2) is 39.3 Å². The second-order valence-corrected chi connectivity index (χ2v) is 10.4. The van der Waals surface area contributed by atoms with Crippen molar-refractivity contribution in [3.63, 3.8) is 0 Å². The maximum absolute atomic E-state index is 14.2. The maximum Gasteiger partial charge on any atom is 0.423 e. The third kappa shape index (κ3) is 4.36. The molecule has 8 nitrogen and oxygen atoms in total. The summed E-state index contributed by atoms with van der Waals surface area (Å²) in [4.78, 5) is 31.5. The number of rotatable bonds is 3. The molecule has 4 aromatic rings. The van der Waals surface area contributed by atoms with Crippen molar-refractivity contribution < 1.29 is 36.6 Å². The number of aryl methyl sites for hydroxylation is 1. The topological polar surface area (TPSA) is 99.5 Å². The number of imidazole rings is 1. The Morgan fingerprint density at radius 3 is 2.55 bits per heavy atom. The molecule has 3 aromatic carbocycles. The molecule has 2 aliphatic rings. The lowest BCUT2D eigenvalue weighted by molar-refractivity contribution is -0.258. The van der Waals surface area contributed by atoms with Gasteiger partial charge in [0, 0.05) is 39.2 Å². The van der Waals surface area contributed by atoms with Gasteiger partial charge in [-0.25, -0.2) is 18.6 Å². The average molecular weight is 604 g/mol. The van der Waals surface area contributed by atoms with Crippen LogP contribution in [0.5, 0.6) is 0 Å². The van der Waals surface area contributed by atoms with E-state index < -0.39 is 53.5 Å². The van der Waals surface area contributed by atoms with Crippen LogP contribution in [0.4, 0.5) is 38.1 Å². The zero-order valence-electron chi connectivity index (χ0n) is 21.4. The molecule has 6 rings (SSSR count). The minimum absolute atomic E-state index is 0.00589. The largest absolute Gasteiger partial charge is 0.423 e. The first kappa shape index (κ1) is 27.7. The Balaban J connectivity index is 1.47. The molecule has 3 amide bonds. The highest BCUT2D eigenvalue weighted by molar-refractivity contribution is 6.31. The van der Waals surface area contributed by atoms with Gasteiger partial charge in [-0.3, -0.25) is 9.69 Å². The van der Waals surface area contributed by atoms with Crippen LogP contribution in [0.3, 0.4) is 0 Å². The Labute approximate surface area is 239 Å². The lowest BCUT2D eigenvalue weighted by Crippen LogP contribution is -2.48. The molecule has 216 valence electrons. The van der Waals surface area contributed by atoms with Crippen molar-refractivity contribution in [3.8, 4) is 5.69 Å². The van der Waals surface area contributed by atoms with Crippen molar-refractivity contribution in [1.82, 2.24) is 14.9 Å². The summed E-state index contributed by atoms with van der Waals surface area (Å²) in [5.41, 5.74) is -3.24. The van der Waals surface area contributed by atoms with E-state index in [1.165, 1.54) is 24.5 Å². The molecule has 0 saturated heterocycles. The monoisotopic (exact) mass is 603 g/mol. The van der Waals surface area contributed by atoms with Crippen LogP contribution in [0, 0.1) is 18.6 Å². The van der Waals surface area contributed by atoms with E-state index in [4.69, 9.17) is 11.6 Å². The van der Waals surface area contributed by atoms with Crippen molar-refractivity contribution in [1.29, 1.82) is 0 Å². The van der Waals surface area contributed by atoms with E-state index in [1.807, 2.05) is 0 Å². The summed E-state index contributed by atoms with van der Waals surface area (Å²) in [5.74, 6) is -2.24. The number of carbonyl (C=O) groups is 2. The van der Waals surface area contributed by atoms with Gasteiger partial charge in [0.15, 0.2) is 0 Å². The molecule has 2 atom stereocenters. The first-order valence-electron chi connectivity index (χ1n) is 12.4. The molecule has 0 fully saturated rings. The summed E-state index contributed by atoms with van der Waals surface area (Å²) in [6.45, 7) is 0.483. The molecule has 3 N–H and O–H groups in total.